The lowest BCUT2D eigenvalue weighted by Crippen LogP contribution is -2.57. The maximum Gasteiger partial charge on any atom is 0.208 e. The van der Waals surface area contributed by atoms with Crippen LogP contribution in [-0.4, -0.2) is 29.5 Å². The van der Waals surface area contributed by atoms with Crippen molar-refractivity contribution in [3.05, 3.63) is 23.8 Å². The third-order valence-electron chi connectivity index (χ3n) is 8.44. The highest BCUT2D eigenvalue weighted by Crippen LogP contribution is 2.66. The zero-order chi connectivity index (χ0) is 21.0. The predicted molar refractivity (Wildman–Crippen MR) is 112 cm³/mol. The summed E-state index contributed by atoms with van der Waals surface area (Å²) in [4.78, 5) is 24.5. The van der Waals surface area contributed by atoms with Crippen LogP contribution in [0.3, 0.4) is 0 Å². The van der Waals surface area contributed by atoms with Crippen LogP contribution in [-0.2, 0) is 19.1 Å². The maximum atomic E-state index is 12.4. The molecule has 4 rings (SSSR count). The average Bonchev–Trinajstić information content (AvgIpc) is 2.98. The third-order valence-corrected chi connectivity index (χ3v) is 8.69. The van der Waals surface area contributed by atoms with Gasteiger partial charge in [-0.15, -0.1) is 0 Å². The second-order valence-corrected chi connectivity index (χ2v) is 10.7. The first-order chi connectivity index (χ1) is 13.7. The van der Waals surface area contributed by atoms with Crippen LogP contribution in [0.4, 0.5) is 0 Å². The van der Waals surface area contributed by atoms with Crippen molar-refractivity contribution in [2.45, 2.75) is 64.0 Å². The van der Waals surface area contributed by atoms with Crippen molar-refractivity contribution in [3.63, 3.8) is 0 Å². The van der Waals surface area contributed by atoms with E-state index in [9.17, 15) is 9.59 Å². The number of halogens is 2. The fourth-order valence-corrected chi connectivity index (χ4v) is 7.40. The number of hydrogen-bond acceptors (Lipinski definition) is 4. The SMILES string of the molecule is CC(=O)[C@H]1CC[C@H]2[C@@H]3CCC4=CC(=O)C=C[C@]4(C)[C@H]3[C@@H](OCOC(Cl)Cl)C[C@]12C. The van der Waals surface area contributed by atoms with Crippen molar-refractivity contribution in [1.29, 1.82) is 0 Å². The summed E-state index contributed by atoms with van der Waals surface area (Å²) in [5.74, 6) is 1.63. The van der Waals surface area contributed by atoms with Gasteiger partial charge in [-0.2, -0.15) is 0 Å². The molecule has 0 heterocycles. The quantitative estimate of drug-likeness (QED) is 0.433. The molecule has 6 heteroatoms. The standard InChI is InChI=1S/C23H30Cl2O4/c1-13(26)17-6-7-18-16-5-4-14-10-15(27)8-9-22(14,2)20(16)19(11-23(17,18)3)28-12-29-21(24)25/h8-10,16-21H,4-7,11-12H2,1-3H3/t16-,17+,18-,19-,20+,22-,23+/m0/s1. The summed E-state index contributed by atoms with van der Waals surface area (Å²) in [7, 11) is 0. The summed E-state index contributed by atoms with van der Waals surface area (Å²) in [5, 5.41) is -0.932. The van der Waals surface area contributed by atoms with Gasteiger partial charge in [-0.1, -0.05) is 48.7 Å². The molecule has 0 spiro atoms. The van der Waals surface area contributed by atoms with E-state index in [-0.39, 0.29) is 47.1 Å². The van der Waals surface area contributed by atoms with Crippen molar-refractivity contribution in [2.24, 2.45) is 34.5 Å². The lowest BCUT2D eigenvalue weighted by molar-refractivity contribution is -0.180. The second-order valence-electron chi connectivity index (χ2n) is 9.72. The van der Waals surface area contributed by atoms with Crippen LogP contribution in [0.2, 0.25) is 0 Å². The highest BCUT2D eigenvalue weighted by molar-refractivity contribution is 6.43. The van der Waals surface area contributed by atoms with Crippen LogP contribution in [0.25, 0.3) is 0 Å². The Kier molecular flexibility index (Phi) is 5.78. The lowest BCUT2D eigenvalue weighted by atomic mass is 9.46. The molecule has 0 aromatic rings. The summed E-state index contributed by atoms with van der Waals surface area (Å²) in [5.41, 5.74) is 0.932. The van der Waals surface area contributed by atoms with Gasteiger partial charge in [0.15, 0.2) is 5.78 Å². The number of carbonyl (C=O) groups is 2. The number of hydrogen-bond donors (Lipinski definition) is 0. The first-order valence-electron chi connectivity index (χ1n) is 10.6. The molecule has 0 amide bonds. The van der Waals surface area contributed by atoms with Gasteiger partial charge in [0.25, 0.3) is 0 Å². The summed E-state index contributed by atoms with van der Waals surface area (Å²) in [6, 6.07) is 0. The van der Waals surface area contributed by atoms with E-state index >= 15 is 0 Å². The van der Waals surface area contributed by atoms with Gasteiger partial charge in [0.2, 0.25) is 5.02 Å². The van der Waals surface area contributed by atoms with E-state index < -0.39 is 5.02 Å². The van der Waals surface area contributed by atoms with Crippen LogP contribution < -0.4 is 0 Å². The first-order valence-corrected chi connectivity index (χ1v) is 11.5. The van der Waals surface area contributed by atoms with E-state index in [0.717, 1.165) is 32.1 Å². The zero-order valence-corrected chi connectivity index (χ0v) is 18.8. The molecular weight excluding hydrogens is 411 g/mol. The van der Waals surface area contributed by atoms with Crippen molar-refractivity contribution in [2.75, 3.05) is 6.79 Å². The van der Waals surface area contributed by atoms with Gasteiger partial charge in [-0.05, 0) is 68.4 Å². The van der Waals surface area contributed by atoms with Gasteiger partial charge < -0.3 is 9.47 Å². The largest absolute Gasteiger partial charge is 0.352 e. The Hall–Kier alpha value is -0.680. The highest BCUT2D eigenvalue weighted by atomic mass is 35.5. The Morgan fingerprint density at radius 1 is 1.28 bits per heavy atom. The van der Waals surface area contributed by atoms with Crippen LogP contribution in [0, 0.1) is 34.5 Å². The molecule has 3 fully saturated rings. The third kappa shape index (κ3) is 3.54. The molecule has 0 aromatic carbocycles. The molecule has 160 valence electrons. The number of ether oxygens (including phenoxy) is 2. The summed E-state index contributed by atoms with van der Waals surface area (Å²) in [6.45, 7) is 6.27. The topological polar surface area (TPSA) is 52.6 Å². The first kappa shape index (κ1) is 21.5. The van der Waals surface area contributed by atoms with Gasteiger partial charge >= 0.3 is 0 Å². The number of fused-ring (bicyclic) bond motifs is 5. The van der Waals surface area contributed by atoms with Crippen LogP contribution in [0.15, 0.2) is 23.8 Å². The van der Waals surface area contributed by atoms with Gasteiger partial charge in [-0.3, -0.25) is 9.59 Å². The summed E-state index contributed by atoms with van der Waals surface area (Å²) >= 11 is 11.5. The molecule has 4 aliphatic rings. The number of ketones is 2. The van der Waals surface area contributed by atoms with Crippen LogP contribution in [0.1, 0.15) is 52.9 Å². The van der Waals surface area contributed by atoms with Crippen molar-refractivity contribution in [3.8, 4) is 0 Å². The zero-order valence-electron chi connectivity index (χ0n) is 17.3. The second kappa shape index (κ2) is 7.78. The predicted octanol–water partition coefficient (Wildman–Crippen LogP) is 5.23. The van der Waals surface area contributed by atoms with Crippen LogP contribution >= 0.6 is 23.2 Å². The van der Waals surface area contributed by atoms with Crippen molar-refractivity contribution >= 4 is 34.8 Å². The van der Waals surface area contributed by atoms with Crippen molar-refractivity contribution in [1.82, 2.24) is 0 Å². The normalized spacial score (nSPS) is 43.6. The minimum atomic E-state index is -0.932. The molecule has 4 aliphatic carbocycles. The molecule has 0 bridgehead atoms. The fraction of sp³-hybridized carbons (Fsp3) is 0.739. The number of Topliss-reactive ketones (excluding diaryl/α,β-unsaturated/α-hetero) is 1. The molecule has 4 nitrogen and oxygen atoms in total. The molecule has 0 radical (unpaired) electrons. The molecule has 0 unspecified atom stereocenters. The van der Waals surface area contributed by atoms with E-state index in [1.807, 2.05) is 6.08 Å². The average molecular weight is 441 g/mol. The molecule has 7 atom stereocenters. The number of carbonyl (C=O) groups excluding carboxylic acids is 2. The minimum Gasteiger partial charge on any atom is -0.352 e. The van der Waals surface area contributed by atoms with E-state index in [1.54, 1.807) is 13.0 Å². The Morgan fingerprint density at radius 2 is 2.03 bits per heavy atom. The van der Waals surface area contributed by atoms with Gasteiger partial charge in [0, 0.05) is 17.3 Å². The molecule has 0 N–H and O–H groups in total. The molecule has 0 aromatic heterocycles. The monoisotopic (exact) mass is 440 g/mol. The Balaban J connectivity index is 1.70. The molecular formula is C23H30Cl2O4. The Bertz CT molecular complexity index is 760. The van der Waals surface area contributed by atoms with E-state index in [2.05, 4.69) is 19.9 Å². The molecule has 0 saturated heterocycles. The molecule has 3 saturated carbocycles. The van der Waals surface area contributed by atoms with E-state index in [1.165, 1.54) is 5.57 Å². The number of rotatable bonds is 5. The Labute approximate surface area is 183 Å². The van der Waals surface area contributed by atoms with Gasteiger partial charge in [0.05, 0.1) is 6.10 Å². The van der Waals surface area contributed by atoms with Crippen LogP contribution in [0.5, 0.6) is 0 Å². The minimum absolute atomic E-state index is 0.0226. The number of alkyl halides is 2. The van der Waals surface area contributed by atoms with Crippen molar-refractivity contribution < 1.29 is 19.1 Å². The lowest BCUT2D eigenvalue weighted by Gasteiger charge is -2.59. The Morgan fingerprint density at radius 3 is 2.72 bits per heavy atom. The molecule has 29 heavy (non-hydrogen) atoms. The fourth-order valence-electron chi connectivity index (χ4n) is 7.29. The van der Waals surface area contributed by atoms with E-state index in [4.69, 9.17) is 32.7 Å². The smallest absolute Gasteiger partial charge is 0.208 e. The van der Waals surface area contributed by atoms with E-state index in [0.29, 0.717) is 11.8 Å². The highest BCUT2D eigenvalue weighted by Gasteiger charge is 2.62. The van der Waals surface area contributed by atoms with Gasteiger partial charge in [0.1, 0.15) is 12.6 Å². The summed E-state index contributed by atoms with van der Waals surface area (Å²) < 4.78 is 11.5. The maximum absolute atomic E-state index is 12.4. The van der Waals surface area contributed by atoms with Gasteiger partial charge in [-0.25, -0.2) is 0 Å². The molecule has 0 aliphatic heterocycles. The summed E-state index contributed by atoms with van der Waals surface area (Å²) in [6.07, 6.45) is 10.4. The number of allylic oxidation sites excluding steroid dienone is 4.